The SMILES string of the molecule is Cn1nnc(Br)c1S(=O)(=O)N[C@H](CCC(N)=O)C(=O)O. The molecule has 10 nitrogen and oxygen atoms in total. The smallest absolute Gasteiger partial charge is 0.321 e. The predicted molar refractivity (Wildman–Crippen MR) is 68.9 cm³/mol. The lowest BCUT2D eigenvalue weighted by Crippen LogP contribution is -2.42. The molecule has 1 aromatic rings. The summed E-state index contributed by atoms with van der Waals surface area (Å²) in [4.78, 5) is 21.6. The van der Waals surface area contributed by atoms with E-state index in [9.17, 15) is 18.0 Å². The van der Waals surface area contributed by atoms with Gasteiger partial charge in [-0.15, -0.1) is 5.10 Å². The van der Waals surface area contributed by atoms with E-state index in [1.807, 2.05) is 4.72 Å². The molecule has 0 aliphatic rings. The van der Waals surface area contributed by atoms with E-state index in [4.69, 9.17) is 10.8 Å². The number of nitrogens with one attached hydrogen (secondary N) is 1. The number of primary amides is 1. The van der Waals surface area contributed by atoms with E-state index in [0.29, 0.717) is 0 Å². The average Bonchev–Trinajstić information content (AvgIpc) is 2.64. The first kappa shape index (κ1) is 16.5. The lowest BCUT2D eigenvalue weighted by Gasteiger charge is -2.13. The summed E-state index contributed by atoms with van der Waals surface area (Å²) in [7, 11) is -2.82. The number of sulfonamides is 1. The van der Waals surface area contributed by atoms with Crippen molar-refractivity contribution in [3.05, 3.63) is 4.60 Å². The number of hydrogen-bond donors (Lipinski definition) is 3. The number of carboxylic acids is 1. The van der Waals surface area contributed by atoms with Crippen LogP contribution in [0.2, 0.25) is 0 Å². The maximum atomic E-state index is 12.1. The van der Waals surface area contributed by atoms with Crippen LogP contribution in [0.4, 0.5) is 0 Å². The first-order chi connectivity index (χ1) is 9.15. The average molecular weight is 370 g/mol. The standard InChI is InChI=1S/C8H12BrN5O5S/c1-14-7(6(9)11-13-14)20(18,19)12-4(8(16)17)2-3-5(10)15/h4,12H,2-3H2,1H3,(H2,10,15)(H,16,17)/t4-/m1/s1. The number of hydrogen-bond acceptors (Lipinski definition) is 6. The highest BCUT2D eigenvalue weighted by molar-refractivity contribution is 9.10. The molecule has 1 aromatic heterocycles. The fourth-order valence-corrected chi connectivity index (χ4v) is 3.69. The molecule has 1 atom stereocenters. The molecule has 0 spiro atoms. The van der Waals surface area contributed by atoms with Gasteiger partial charge in [0.2, 0.25) is 10.9 Å². The van der Waals surface area contributed by atoms with E-state index >= 15 is 0 Å². The Bertz CT molecular complexity index is 608. The second-order valence-electron chi connectivity index (χ2n) is 3.83. The number of rotatable bonds is 7. The number of nitrogens with zero attached hydrogens (tertiary/aromatic N) is 3. The van der Waals surface area contributed by atoms with Crippen LogP contribution < -0.4 is 10.5 Å². The molecule has 0 saturated carbocycles. The van der Waals surface area contributed by atoms with Gasteiger partial charge in [-0.05, 0) is 22.4 Å². The van der Waals surface area contributed by atoms with Crippen molar-refractivity contribution in [2.45, 2.75) is 23.9 Å². The van der Waals surface area contributed by atoms with Crippen molar-refractivity contribution in [1.82, 2.24) is 19.7 Å². The van der Waals surface area contributed by atoms with Gasteiger partial charge in [-0.2, -0.15) is 4.72 Å². The fraction of sp³-hybridized carbons (Fsp3) is 0.500. The zero-order chi connectivity index (χ0) is 15.5. The highest BCUT2D eigenvalue weighted by atomic mass is 79.9. The van der Waals surface area contributed by atoms with Crippen LogP contribution in [-0.2, 0) is 26.7 Å². The Hall–Kier alpha value is -1.53. The lowest BCUT2D eigenvalue weighted by molar-refractivity contribution is -0.139. The van der Waals surface area contributed by atoms with Crippen molar-refractivity contribution in [3.8, 4) is 0 Å². The number of carboxylic acid groups (broad SMARTS) is 1. The normalized spacial score (nSPS) is 13.1. The maximum absolute atomic E-state index is 12.1. The van der Waals surface area contributed by atoms with Crippen LogP contribution in [0.25, 0.3) is 0 Å². The Morgan fingerprint density at radius 3 is 2.55 bits per heavy atom. The molecule has 1 amide bonds. The first-order valence-corrected chi connectivity index (χ1v) is 7.51. The number of amides is 1. The Morgan fingerprint density at radius 2 is 2.15 bits per heavy atom. The quantitative estimate of drug-likeness (QED) is 0.531. The summed E-state index contributed by atoms with van der Waals surface area (Å²) in [6.07, 6.45) is -0.517. The molecule has 0 unspecified atom stereocenters. The van der Waals surface area contributed by atoms with Crippen molar-refractivity contribution < 1.29 is 23.1 Å². The van der Waals surface area contributed by atoms with Gasteiger partial charge < -0.3 is 10.8 Å². The topological polar surface area (TPSA) is 157 Å². The minimum atomic E-state index is -4.16. The highest BCUT2D eigenvalue weighted by Gasteiger charge is 2.30. The molecule has 112 valence electrons. The molecule has 0 bridgehead atoms. The van der Waals surface area contributed by atoms with E-state index in [1.165, 1.54) is 7.05 Å². The summed E-state index contributed by atoms with van der Waals surface area (Å²) in [6.45, 7) is 0. The summed E-state index contributed by atoms with van der Waals surface area (Å²) in [5.41, 5.74) is 4.91. The van der Waals surface area contributed by atoms with E-state index in [1.54, 1.807) is 0 Å². The Balaban J connectivity index is 2.98. The number of carbonyl (C=O) groups excluding carboxylic acids is 1. The minimum Gasteiger partial charge on any atom is -0.480 e. The molecule has 0 radical (unpaired) electrons. The Kier molecular flexibility index (Phi) is 5.19. The molecule has 0 saturated heterocycles. The van der Waals surface area contributed by atoms with Crippen molar-refractivity contribution in [2.75, 3.05) is 0 Å². The molecule has 12 heteroatoms. The van der Waals surface area contributed by atoms with Gasteiger partial charge in [0.15, 0.2) is 4.60 Å². The van der Waals surface area contributed by atoms with E-state index in [2.05, 4.69) is 26.2 Å². The summed E-state index contributed by atoms with van der Waals surface area (Å²) in [5, 5.41) is 15.6. The van der Waals surface area contributed by atoms with Gasteiger partial charge in [-0.1, -0.05) is 5.21 Å². The third-order valence-corrected chi connectivity index (χ3v) is 4.62. The Labute approximate surface area is 122 Å². The van der Waals surface area contributed by atoms with E-state index in [-0.39, 0.29) is 22.5 Å². The molecule has 1 rings (SSSR count). The van der Waals surface area contributed by atoms with Crippen LogP contribution in [0, 0.1) is 0 Å². The van der Waals surface area contributed by atoms with Crippen LogP contribution in [0.3, 0.4) is 0 Å². The third-order valence-electron chi connectivity index (χ3n) is 2.27. The molecule has 0 aliphatic heterocycles. The monoisotopic (exact) mass is 369 g/mol. The molecule has 4 N–H and O–H groups in total. The molecule has 1 heterocycles. The van der Waals surface area contributed by atoms with E-state index in [0.717, 1.165) is 4.68 Å². The lowest BCUT2D eigenvalue weighted by atomic mass is 10.2. The van der Waals surface area contributed by atoms with Gasteiger partial charge in [0.1, 0.15) is 6.04 Å². The molecular formula is C8H12BrN5O5S. The number of halogens is 1. The first-order valence-electron chi connectivity index (χ1n) is 5.23. The van der Waals surface area contributed by atoms with Crippen LogP contribution in [-0.4, -0.2) is 46.4 Å². The number of aromatic nitrogens is 3. The largest absolute Gasteiger partial charge is 0.480 e. The summed E-state index contributed by atoms with van der Waals surface area (Å²) >= 11 is 2.91. The van der Waals surface area contributed by atoms with Crippen molar-refractivity contribution in [1.29, 1.82) is 0 Å². The molecule has 0 aromatic carbocycles. The van der Waals surface area contributed by atoms with Gasteiger partial charge in [0.05, 0.1) is 0 Å². The molecule has 0 fully saturated rings. The predicted octanol–water partition coefficient (Wildman–Crippen LogP) is -1.43. The van der Waals surface area contributed by atoms with Crippen molar-refractivity contribution in [2.24, 2.45) is 12.8 Å². The van der Waals surface area contributed by atoms with Crippen LogP contribution in [0.1, 0.15) is 12.8 Å². The van der Waals surface area contributed by atoms with Crippen LogP contribution >= 0.6 is 15.9 Å². The van der Waals surface area contributed by atoms with Crippen molar-refractivity contribution in [3.63, 3.8) is 0 Å². The van der Waals surface area contributed by atoms with Gasteiger partial charge in [-0.3, -0.25) is 9.59 Å². The summed E-state index contributed by atoms with van der Waals surface area (Å²) in [6, 6.07) is -1.48. The zero-order valence-electron chi connectivity index (χ0n) is 10.3. The highest BCUT2D eigenvalue weighted by Crippen LogP contribution is 2.18. The summed E-state index contributed by atoms with van der Waals surface area (Å²) < 4.78 is 27.0. The number of nitrogens with two attached hydrogens (primary N) is 1. The Morgan fingerprint density at radius 1 is 1.55 bits per heavy atom. The third kappa shape index (κ3) is 3.98. The van der Waals surface area contributed by atoms with Gasteiger partial charge in [0, 0.05) is 13.5 Å². The maximum Gasteiger partial charge on any atom is 0.321 e. The molecular weight excluding hydrogens is 358 g/mol. The van der Waals surface area contributed by atoms with Gasteiger partial charge in [0.25, 0.3) is 10.0 Å². The number of aryl methyl sites for hydroxylation is 1. The summed E-state index contributed by atoms with van der Waals surface area (Å²) in [5.74, 6) is -2.14. The second kappa shape index (κ2) is 6.28. The van der Waals surface area contributed by atoms with Crippen LogP contribution in [0.5, 0.6) is 0 Å². The molecule has 20 heavy (non-hydrogen) atoms. The molecule has 0 aliphatic carbocycles. The van der Waals surface area contributed by atoms with Gasteiger partial charge in [-0.25, -0.2) is 13.1 Å². The van der Waals surface area contributed by atoms with Gasteiger partial charge >= 0.3 is 5.97 Å². The fourth-order valence-electron chi connectivity index (χ4n) is 1.37. The zero-order valence-corrected chi connectivity index (χ0v) is 12.7. The van der Waals surface area contributed by atoms with E-state index < -0.39 is 27.9 Å². The minimum absolute atomic E-state index is 0.0495. The number of aliphatic carboxylic acids is 1. The second-order valence-corrected chi connectivity index (χ2v) is 6.21. The number of carbonyl (C=O) groups is 2. The van der Waals surface area contributed by atoms with Crippen molar-refractivity contribution >= 4 is 37.8 Å². The van der Waals surface area contributed by atoms with Crippen LogP contribution in [0.15, 0.2) is 9.63 Å².